The van der Waals surface area contributed by atoms with E-state index in [-0.39, 0.29) is 11.9 Å². The Kier molecular flexibility index (Phi) is 6.29. The molecule has 2 aromatic rings. The van der Waals surface area contributed by atoms with Crippen LogP contribution >= 0.6 is 0 Å². The number of nitrogens with one attached hydrogen (secondary N) is 1. The van der Waals surface area contributed by atoms with Crippen LogP contribution in [0.5, 0.6) is 0 Å². The van der Waals surface area contributed by atoms with Crippen molar-refractivity contribution in [2.75, 3.05) is 33.7 Å². The number of hydrogen-bond donors (Lipinski definition) is 1. The van der Waals surface area contributed by atoms with Gasteiger partial charge < -0.3 is 14.8 Å². The van der Waals surface area contributed by atoms with Crippen molar-refractivity contribution >= 4 is 5.91 Å². The van der Waals surface area contributed by atoms with Crippen LogP contribution in [-0.4, -0.2) is 70.3 Å². The highest BCUT2D eigenvalue weighted by Crippen LogP contribution is 2.21. The van der Waals surface area contributed by atoms with E-state index in [4.69, 9.17) is 0 Å². The number of imidazole rings is 1. The van der Waals surface area contributed by atoms with Crippen LogP contribution in [-0.2, 0) is 24.3 Å². The average molecular weight is 370 g/mol. The van der Waals surface area contributed by atoms with Gasteiger partial charge in [-0.3, -0.25) is 9.69 Å². The number of carbonyl (C=O) groups is 1. The van der Waals surface area contributed by atoms with E-state index in [1.54, 1.807) is 6.33 Å². The largest absolute Gasteiger partial charge is 0.348 e. The highest BCUT2D eigenvalue weighted by molar-refractivity contribution is 5.81. The number of fused-ring (bicyclic) bond motifs is 1. The molecule has 1 amide bonds. The van der Waals surface area contributed by atoms with E-state index in [0.717, 1.165) is 37.4 Å². The molecule has 2 heterocycles. The molecule has 27 heavy (non-hydrogen) atoms. The molecule has 1 aliphatic rings. The molecule has 3 rings (SSSR count). The van der Waals surface area contributed by atoms with Crippen molar-refractivity contribution in [3.8, 4) is 0 Å². The summed E-state index contributed by atoms with van der Waals surface area (Å²) >= 11 is 0. The molecule has 1 N–H and O–H groups in total. The van der Waals surface area contributed by atoms with Crippen LogP contribution in [0, 0.1) is 6.92 Å². The van der Waals surface area contributed by atoms with Gasteiger partial charge in [-0.15, -0.1) is 0 Å². The first-order chi connectivity index (χ1) is 13.0. The molecule has 0 saturated heterocycles. The lowest BCUT2D eigenvalue weighted by atomic mass is 9.98. The summed E-state index contributed by atoms with van der Waals surface area (Å²) in [5.74, 6) is 0.179. The number of benzene rings is 1. The lowest BCUT2D eigenvalue weighted by molar-refractivity contribution is -0.137. The SMILES string of the molecule is Cc1[nH]cnc1CN(CCN(C)C)C(=O)C(C)N1CCc2ccccc2C1. The zero-order chi connectivity index (χ0) is 19.4. The number of H-pyrrole nitrogens is 1. The van der Waals surface area contributed by atoms with Gasteiger partial charge in [0.25, 0.3) is 0 Å². The zero-order valence-electron chi connectivity index (χ0n) is 16.9. The second kappa shape index (κ2) is 8.67. The second-order valence-corrected chi connectivity index (χ2v) is 7.70. The van der Waals surface area contributed by atoms with Crippen LogP contribution in [0.3, 0.4) is 0 Å². The van der Waals surface area contributed by atoms with Crippen molar-refractivity contribution in [3.05, 3.63) is 53.1 Å². The van der Waals surface area contributed by atoms with Gasteiger partial charge in [-0.05, 0) is 45.5 Å². The molecular weight excluding hydrogens is 338 g/mol. The number of nitrogens with zero attached hydrogens (tertiary/aromatic N) is 4. The fraction of sp³-hybridized carbons (Fsp3) is 0.524. The van der Waals surface area contributed by atoms with Gasteiger partial charge in [0.2, 0.25) is 5.91 Å². The summed E-state index contributed by atoms with van der Waals surface area (Å²) in [6, 6.07) is 8.41. The van der Waals surface area contributed by atoms with Gasteiger partial charge in [-0.1, -0.05) is 24.3 Å². The monoisotopic (exact) mass is 369 g/mol. The van der Waals surface area contributed by atoms with Crippen molar-refractivity contribution < 1.29 is 4.79 Å². The number of amides is 1. The Morgan fingerprint density at radius 1 is 1.26 bits per heavy atom. The Balaban J connectivity index is 1.71. The fourth-order valence-corrected chi connectivity index (χ4v) is 3.58. The summed E-state index contributed by atoms with van der Waals surface area (Å²) in [4.78, 5) is 27.2. The number of hydrogen-bond acceptors (Lipinski definition) is 4. The Morgan fingerprint density at radius 3 is 2.67 bits per heavy atom. The summed E-state index contributed by atoms with van der Waals surface area (Å²) in [5.41, 5.74) is 4.71. The van der Waals surface area contributed by atoms with E-state index >= 15 is 0 Å². The summed E-state index contributed by atoms with van der Waals surface area (Å²) in [6.45, 7) is 7.89. The first kappa shape index (κ1) is 19.6. The molecule has 1 aromatic heterocycles. The summed E-state index contributed by atoms with van der Waals surface area (Å²) in [5, 5.41) is 0. The third-order valence-corrected chi connectivity index (χ3v) is 5.47. The Bertz CT molecular complexity index is 769. The molecule has 0 bridgehead atoms. The van der Waals surface area contributed by atoms with Gasteiger partial charge in [0, 0.05) is 31.9 Å². The van der Waals surface area contributed by atoms with Crippen molar-refractivity contribution in [1.82, 2.24) is 24.7 Å². The maximum Gasteiger partial charge on any atom is 0.240 e. The van der Waals surface area contributed by atoms with Gasteiger partial charge in [0.05, 0.1) is 24.6 Å². The number of carbonyl (C=O) groups excluding carboxylic acids is 1. The van der Waals surface area contributed by atoms with Gasteiger partial charge >= 0.3 is 0 Å². The summed E-state index contributed by atoms with van der Waals surface area (Å²) < 4.78 is 0. The highest BCUT2D eigenvalue weighted by Gasteiger charge is 2.29. The molecule has 6 nitrogen and oxygen atoms in total. The zero-order valence-corrected chi connectivity index (χ0v) is 16.9. The molecule has 0 radical (unpaired) electrons. The smallest absolute Gasteiger partial charge is 0.240 e. The standard InChI is InChI=1S/C21H31N5O/c1-16-20(23-15-22-16)14-26(12-11-24(3)4)21(27)17(2)25-10-9-18-7-5-6-8-19(18)13-25/h5-8,15,17H,9-14H2,1-4H3,(H,22,23). The molecule has 1 aromatic carbocycles. The summed E-state index contributed by atoms with van der Waals surface area (Å²) in [7, 11) is 4.07. The highest BCUT2D eigenvalue weighted by atomic mass is 16.2. The normalized spacial score (nSPS) is 15.6. The number of aryl methyl sites for hydroxylation is 1. The predicted octanol–water partition coefficient (Wildman–Crippen LogP) is 2.06. The minimum atomic E-state index is -0.139. The van der Waals surface area contributed by atoms with Crippen LogP contribution in [0.2, 0.25) is 0 Å². The van der Waals surface area contributed by atoms with Crippen molar-refractivity contribution in [3.63, 3.8) is 0 Å². The Morgan fingerprint density at radius 2 is 2.00 bits per heavy atom. The molecule has 0 spiro atoms. The van der Waals surface area contributed by atoms with Gasteiger partial charge in [-0.25, -0.2) is 4.98 Å². The third kappa shape index (κ3) is 4.76. The van der Waals surface area contributed by atoms with Crippen LogP contribution in [0.15, 0.2) is 30.6 Å². The topological polar surface area (TPSA) is 55.5 Å². The number of rotatable bonds is 7. The second-order valence-electron chi connectivity index (χ2n) is 7.70. The quantitative estimate of drug-likeness (QED) is 0.812. The van der Waals surface area contributed by atoms with E-state index in [0.29, 0.717) is 13.1 Å². The Labute approximate surface area is 162 Å². The van der Waals surface area contributed by atoms with E-state index in [9.17, 15) is 4.79 Å². The van der Waals surface area contributed by atoms with Crippen molar-refractivity contribution in [2.45, 2.75) is 39.4 Å². The van der Waals surface area contributed by atoms with Crippen molar-refractivity contribution in [2.24, 2.45) is 0 Å². The summed E-state index contributed by atoms with van der Waals surface area (Å²) in [6.07, 6.45) is 2.70. The minimum absolute atomic E-state index is 0.139. The maximum absolute atomic E-state index is 13.3. The molecule has 0 saturated carbocycles. The van der Waals surface area contributed by atoms with Crippen LogP contribution in [0.4, 0.5) is 0 Å². The number of likely N-dealkylation sites (N-methyl/N-ethyl adjacent to an activating group) is 1. The molecule has 1 atom stereocenters. The van der Waals surface area contributed by atoms with E-state index < -0.39 is 0 Å². The lowest BCUT2D eigenvalue weighted by Gasteiger charge is -2.36. The molecule has 0 aliphatic carbocycles. The van der Waals surface area contributed by atoms with Gasteiger partial charge in [0.15, 0.2) is 0 Å². The molecule has 0 fully saturated rings. The molecular formula is C21H31N5O. The number of aromatic amines is 1. The first-order valence-electron chi connectivity index (χ1n) is 9.69. The van der Waals surface area contributed by atoms with Crippen LogP contribution in [0.25, 0.3) is 0 Å². The van der Waals surface area contributed by atoms with Crippen LogP contribution < -0.4 is 0 Å². The maximum atomic E-state index is 13.3. The van der Waals surface area contributed by atoms with Gasteiger partial charge in [-0.2, -0.15) is 0 Å². The molecule has 6 heteroatoms. The fourth-order valence-electron chi connectivity index (χ4n) is 3.58. The molecule has 146 valence electrons. The lowest BCUT2D eigenvalue weighted by Crippen LogP contribution is -2.49. The predicted molar refractivity (Wildman–Crippen MR) is 107 cm³/mol. The minimum Gasteiger partial charge on any atom is -0.348 e. The Hall–Kier alpha value is -2.18. The molecule has 1 aliphatic heterocycles. The van der Waals surface area contributed by atoms with Gasteiger partial charge in [0.1, 0.15) is 0 Å². The molecule has 1 unspecified atom stereocenters. The third-order valence-electron chi connectivity index (χ3n) is 5.47. The number of aromatic nitrogens is 2. The average Bonchev–Trinajstić information content (AvgIpc) is 3.08. The first-order valence-corrected chi connectivity index (χ1v) is 9.69. The van der Waals surface area contributed by atoms with Crippen molar-refractivity contribution in [1.29, 1.82) is 0 Å². The van der Waals surface area contributed by atoms with E-state index in [2.05, 4.69) is 44.0 Å². The van der Waals surface area contributed by atoms with Crippen LogP contribution in [0.1, 0.15) is 29.4 Å². The van der Waals surface area contributed by atoms with E-state index in [1.165, 1.54) is 11.1 Å². The van der Waals surface area contributed by atoms with E-state index in [1.807, 2.05) is 32.8 Å².